The van der Waals surface area contributed by atoms with E-state index >= 15 is 0 Å². The fourth-order valence-electron chi connectivity index (χ4n) is 3.74. The summed E-state index contributed by atoms with van der Waals surface area (Å²) in [5.41, 5.74) is 1.86. The molecule has 0 aliphatic rings. The predicted octanol–water partition coefficient (Wildman–Crippen LogP) is 8.33. The van der Waals surface area contributed by atoms with Crippen LogP contribution in [0.4, 0.5) is 0 Å². The van der Waals surface area contributed by atoms with E-state index in [1.165, 1.54) is 25.3 Å². The monoisotopic (exact) mass is 514 g/mol. The summed E-state index contributed by atoms with van der Waals surface area (Å²) in [5, 5.41) is 0. The van der Waals surface area contributed by atoms with E-state index in [1.54, 1.807) is 54.6 Å². The summed E-state index contributed by atoms with van der Waals surface area (Å²) in [7, 11) is 0. The van der Waals surface area contributed by atoms with E-state index < -0.39 is 5.97 Å². The predicted molar refractivity (Wildman–Crippen MR) is 152 cm³/mol. The van der Waals surface area contributed by atoms with Gasteiger partial charge in [-0.2, -0.15) is 0 Å². The maximum Gasteiger partial charge on any atom is 0.343 e. The molecule has 0 spiro atoms. The first-order valence-electron chi connectivity index (χ1n) is 13.6. The van der Waals surface area contributed by atoms with Gasteiger partial charge < -0.3 is 14.2 Å². The van der Waals surface area contributed by atoms with Crippen LogP contribution in [0.5, 0.6) is 17.2 Å². The van der Waals surface area contributed by atoms with Crippen molar-refractivity contribution >= 4 is 17.8 Å². The molecule has 38 heavy (non-hydrogen) atoms. The molecule has 0 aliphatic carbocycles. The van der Waals surface area contributed by atoms with Crippen LogP contribution in [0.15, 0.2) is 78.9 Å². The summed E-state index contributed by atoms with van der Waals surface area (Å²) in [6.45, 7) is 5.73. The van der Waals surface area contributed by atoms with Gasteiger partial charge in [0, 0.05) is 5.56 Å². The molecule has 3 aromatic rings. The second kappa shape index (κ2) is 16.1. The van der Waals surface area contributed by atoms with Gasteiger partial charge in [0.2, 0.25) is 0 Å². The Balaban J connectivity index is 1.46. The van der Waals surface area contributed by atoms with Gasteiger partial charge in [0.05, 0.1) is 18.8 Å². The molecule has 0 heterocycles. The standard InChI is InChI=1S/C33H38O5/c1-3-5-7-9-25-37-29-17-10-26(11-18-29)12-23-32(34)27-13-21-31(22-14-27)38-33(35)28-15-19-30(20-16-28)36-24-8-6-4-2/h10-23H,3-9,24-25H2,1-2H3/b23-12+. The first-order chi connectivity index (χ1) is 18.6. The van der Waals surface area contributed by atoms with Gasteiger partial charge in [-0.1, -0.05) is 64.2 Å². The van der Waals surface area contributed by atoms with Gasteiger partial charge in [-0.15, -0.1) is 0 Å². The Hall–Kier alpha value is -3.86. The highest BCUT2D eigenvalue weighted by atomic mass is 16.5. The number of carbonyl (C=O) groups excluding carboxylic acids is 2. The summed E-state index contributed by atoms with van der Waals surface area (Å²) in [6, 6.07) is 21.2. The maximum atomic E-state index is 12.6. The van der Waals surface area contributed by atoms with Gasteiger partial charge in [0.1, 0.15) is 17.2 Å². The Morgan fingerprint density at radius 3 is 1.71 bits per heavy atom. The molecule has 0 atom stereocenters. The lowest BCUT2D eigenvalue weighted by atomic mass is 10.1. The lowest BCUT2D eigenvalue weighted by Gasteiger charge is -2.08. The van der Waals surface area contributed by atoms with Crippen molar-refractivity contribution < 1.29 is 23.8 Å². The number of ether oxygens (including phenoxy) is 3. The van der Waals surface area contributed by atoms with Gasteiger partial charge >= 0.3 is 5.97 Å². The zero-order chi connectivity index (χ0) is 27.0. The zero-order valence-electron chi connectivity index (χ0n) is 22.5. The molecule has 0 unspecified atom stereocenters. The van der Waals surface area contributed by atoms with Gasteiger partial charge in [0.25, 0.3) is 0 Å². The lowest BCUT2D eigenvalue weighted by Crippen LogP contribution is -2.08. The van der Waals surface area contributed by atoms with Crippen LogP contribution in [0.25, 0.3) is 6.08 Å². The third kappa shape index (κ3) is 9.89. The molecular formula is C33H38O5. The molecule has 0 saturated heterocycles. The molecule has 0 aliphatic heterocycles. The molecule has 0 amide bonds. The number of esters is 1. The largest absolute Gasteiger partial charge is 0.494 e. The number of ketones is 1. The Labute approximate surface area is 226 Å². The first kappa shape index (κ1) is 28.7. The second-order valence-corrected chi connectivity index (χ2v) is 9.17. The van der Waals surface area contributed by atoms with Crippen LogP contribution in [-0.2, 0) is 0 Å². The summed E-state index contributed by atoms with van der Waals surface area (Å²) < 4.78 is 16.9. The van der Waals surface area contributed by atoms with Crippen LogP contribution in [0.1, 0.15) is 85.1 Å². The van der Waals surface area contributed by atoms with Crippen molar-refractivity contribution in [3.05, 3.63) is 95.6 Å². The van der Waals surface area contributed by atoms with E-state index in [0.29, 0.717) is 23.5 Å². The van der Waals surface area contributed by atoms with Crippen molar-refractivity contribution in [3.8, 4) is 17.2 Å². The number of allylic oxidation sites excluding steroid dienone is 1. The molecule has 5 heteroatoms. The Bertz CT molecular complexity index is 1150. The smallest absolute Gasteiger partial charge is 0.343 e. The van der Waals surface area contributed by atoms with Crippen molar-refractivity contribution in [3.63, 3.8) is 0 Å². The summed E-state index contributed by atoms with van der Waals surface area (Å²) in [5.74, 6) is 1.35. The van der Waals surface area contributed by atoms with Crippen LogP contribution in [-0.4, -0.2) is 25.0 Å². The van der Waals surface area contributed by atoms with Crippen molar-refractivity contribution in [1.29, 1.82) is 0 Å². The third-order valence-electron chi connectivity index (χ3n) is 6.03. The minimum Gasteiger partial charge on any atom is -0.494 e. The molecular weight excluding hydrogens is 476 g/mol. The van der Waals surface area contributed by atoms with Gasteiger partial charge in [0.15, 0.2) is 5.78 Å². The van der Waals surface area contributed by atoms with Crippen LogP contribution in [0.2, 0.25) is 0 Å². The van der Waals surface area contributed by atoms with Crippen LogP contribution in [0.3, 0.4) is 0 Å². The highest BCUT2D eigenvalue weighted by Crippen LogP contribution is 2.18. The minimum absolute atomic E-state index is 0.131. The highest BCUT2D eigenvalue weighted by Gasteiger charge is 2.10. The van der Waals surface area contributed by atoms with E-state index in [4.69, 9.17) is 14.2 Å². The Morgan fingerprint density at radius 2 is 1.11 bits per heavy atom. The Kier molecular flexibility index (Phi) is 12.1. The average molecular weight is 515 g/mol. The number of unbranched alkanes of at least 4 members (excludes halogenated alkanes) is 5. The molecule has 0 radical (unpaired) electrons. The molecule has 200 valence electrons. The van der Waals surface area contributed by atoms with Gasteiger partial charge in [-0.25, -0.2) is 4.79 Å². The van der Waals surface area contributed by atoms with Gasteiger partial charge in [-0.05, 0) is 85.1 Å². The van der Waals surface area contributed by atoms with E-state index in [9.17, 15) is 9.59 Å². The number of hydrogen-bond acceptors (Lipinski definition) is 5. The number of benzene rings is 3. The summed E-state index contributed by atoms with van der Waals surface area (Å²) in [4.78, 5) is 25.1. The van der Waals surface area contributed by atoms with Gasteiger partial charge in [-0.3, -0.25) is 4.79 Å². The second-order valence-electron chi connectivity index (χ2n) is 9.17. The molecule has 0 fully saturated rings. The molecule has 3 rings (SSSR count). The molecule has 0 saturated carbocycles. The fourth-order valence-corrected chi connectivity index (χ4v) is 3.74. The lowest BCUT2D eigenvalue weighted by molar-refractivity contribution is 0.0734. The molecule has 0 N–H and O–H groups in total. The van der Waals surface area contributed by atoms with Crippen molar-refractivity contribution in [2.75, 3.05) is 13.2 Å². The average Bonchev–Trinajstić information content (AvgIpc) is 2.95. The maximum absolute atomic E-state index is 12.6. The molecule has 5 nitrogen and oxygen atoms in total. The van der Waals surface area contributed by atoms with Crippen LogP contribution >= 0.6 is 0 Å². The van der Waals surface area contributed by atoms with E-state index in [2.05, 4.69) is 13.8 Å². The number of rotatable bonds is 16. The number of hydrogen-bond donors (Lipinski definition) is 0. The van der Waals surface area contributed by atoms with Crippen molar-refractivity contribution in [2.24, 2.45) is 0 Å². The number of carbonyl (C=O) groups is 2. The summed E-state index contributed by atoms with van der Waals surface area (Å²) >= 11 is 0. The van der Waals surface area contributed by atoms with E-state index in [-0.39, 0.29) is 5.78 Å². The fraction of sp³-hybridized carbons (Fsp3) is 0.333. The molecule has 3 aromatic carbocycles. The highest BCUT2D eigenvalue weighted by molar-refractivity contribution is 6.06. The van der Waals surface area contributed by atoms with E-state index in [1.807, 2.05) is 24.3 Å². The SMILES string of the molecule is CCCCCCOc1ccc(/C=C/C(=O)c2ccc(OC(=O)c3ccc(OCCCCC)cc3)cc2)cc1. The zero-order valence-corrected chi connectivity index (χ0v) is 22.5. The van der Waals surface area contributed by atoms with Crippen molar-refractivity contribution in [1.82, 2.24) is 0 Å². The topological polar surface area (TPSA) is 61.8 Å². The van der Waals surface area contributed by atoms with E-state index in [0.717, 1.165) is 49.4 Å². The summed E-state index contributed by atoms with van der Waals surface area (Å²) in [6.07, 6.45) is 11.3. The van der Waals surface area contributed by atoms with Crippen molar-refractivity contribution in [2.45, 2.75) is 58.8 Å². The normalized spacial score (nSPS) is 10.9. The first-order valence-corrected chi connectivity index (χ1v) is 13.6. The van der Waals surface area contributed by atoms with Crippen LogP contribution in [0, 0.1) is 0 Å². The minimum atomic E-state index is -0.463. The molecule has 0 bridgehead atoms. The quantitative estimate of drug-likeness (QED) is 0.0632. The molecule has 0 aromatic heterocycles. The van der Waals surface area contributed by atoms with Crippen LogP contribution < -0.4 is 14.2 Å². The Morgan fingerprint density at radius 1 is 0.605 bits per heavy atom. The third-order valence-corrected chi connectivity index (χ3v) is 6.03.